The Morgan fingerprint density at radius 2 is 1.80 bits per heavy atom. The largest absolute Gasteiger partial charge is 0.311 e. The first-order chi connectivity index (χ1) is 9.25. The van der Waals surface area contributed by atoms with E-state index in [1.807, 2.05) is 0 Å². The molecule has 0 saturated carbocycles. The molecule has 0 aromatic carbocycles. The van der Waals surface area contributed by atoms with Crippen molar-refractivity contribution in [2.24, 2.45) is 11.3 Å². The van der Waals surface area contributed by atoms with E-state index in [2.05, 4.69) is 58.7 Å². The molecule has 3 unspecified atom stereocenters. The summed E-state index contributed by atoms with van der Waals surface area (Å²) in [6, 6.07) is 2.08. The SMILES string of the molecule is CCC1CNC(C(C)(C)C)CN1C(C)CCCC(C)C. The van der Waals surface area contributed by atoms with E-state index < -0.39 is 0 Å². The molecule has 20 heavy (non-hydrogen) atoms. The van der Waals surface area contributed by atoms with E-state index in [4.69, 9.17) is 0 Å². The maximum atomic E-state index is 3.78. The van der Waals surface area contributed by atoms with Gasteiger partial charge in [-0.3, -0.25) is 4.90 Å². The summed E-state index contributed by atoms with van der Waals surface area (Å²) in [7, 11) is 0. The summed E-state index contributed by atoms with van der Waals surface area (Å²) < 4.78 is 0. The fourth-order valence-electron chi connectivity index (χ4n) is 3.31. The molecule has 1 rings (SSSR count). The van der Waals surface area contributed by atoms with Crippen molar-refractivity contribution in [1.29, 1.82) is 0 Å². The lowest BCUT2D eigenvalue weighted by atomic mass is 9.84. The van der Waals surface area contributed by atoms with Crippen LogP contribution >= 0.6 is 0 Å². The minimum Gasteiger partial charge on any atom is -0.311 e. The molecule has 1 saturated heterocycles. The van der Waals surface area contributed by atoms with Gasteiger partial charge in [0.25, 0.3) is 0 Å². The molecule has 0 amide bonds. The molecule has 120 valence electrons. The zero-order valence-electron chi connectivity index (χ0n) is 15.0. The first-order valence-electron chi connectivity index (χ1n) is 8.74. The highest BCUT2D eigenvalue weighted by atomic mass is 15.3. The number of hydrogen-bond donors (Lipinski definition) is 1. The summed E-state index contributed by atoms with van der Waals surface area (Å²) in [6.07, 6.45) is 5.36. The average molecular weight is 283 g/mol. The number of nitrogens with zero attached hydrogens (tertiary/aromatic N) is 1. The molecule has 2 nitrogen and oxygen atoms in total. The first-order valence-corrected chi connectivity index (χ1v) is 8.74. The van der Waals surface area contributed by atoms with Crippen LogP contribution in [0.15, 0.2) is 0 Å². The van der Waals surface area contributed by atoms with Crippen molar-refractivity contribution in [3.8, 4) is 0 Å². The second-order valence-corrected chi connectivity index (χ2v) is 8.26. The number of rotatable bonds is 6. The highest BCUT2D eigenvalue weighted by Gasteiger charge is 2.35. The molecule has 1 aliphatic rings. The molecule has 3 atom stereocenters. The van der Waals surface area contributed by atoms with Crippen molar-refractivity contribution in [1.82, 2.24) is 10.2 Å². The number of piperazine rings is 1. The Labute approximate surface area is 127 Å². The molecule has 0 spiro atoms. The van der Waals surface area contributed by atoms with Crippen molar-refractivity contribution in [3.05, 3.63) is 0 Å². The Morgan fingerprint density at radius 3 is 2.30 bits per heavy atom. The van der Waals surface area contributed by atoms with E-state index >= 15 is 0 Å². The molecule has 2 heteroatoms. The van der Waals surface area contributed by atoms with Gasteiger partial charge in [-0.1, -0.05) is 54.4 Å². The Kier molecular flexibility index (Phi) is 7.00. The minimum absolute atomic E-state index is 0.356. The lowest BCUT2D eigenvalue weighted by Crippen LogP contribution is -2.62. The second-order valence-electron chi connectivity index (χ2n) is 8.26. The predicted octanol–water partition coefficient (Wildman–Crippen LogP) is 4.30. The summed E-state index contributed by atoms with van der Waals surface area (Å²) >= 11 is 0. The summed E-state index contributed by atoms with van der Waals surface area (Å²) in [5.74, 6) is 0.842. The van der Waals surface area contributed by atoms with Crippen LogP contribution in [0.1, 0.15) is 74.1 Å². The Morgan fingerprint density at radius 1 is 1.15 bits per heavy atom. The lowest BCUT2D eigenvalue weighted by molar-refractivity contribution is 0.0494. The second kappa shape index (κ2) is 7.79. The molecule has 0 radical (unpaired) electrons. The highest BCUT2D eigenvalue weighted by molar-refractivity contribution is 4.93. The van der Waals surface area contributed by atoms with E-state index in [0.717, 1.165) is 24.5 Å². The average Bonchev–Trinajstić information content (AvgIpc) is 2.36. The van der Waals surface area contributed by atoms with Crippen LogP contribution in [-0.2, 0) is 0 Å². The fourth-order valence-corrected chi connectivity index (χ4v) is 3.31. The smallest absolute Gasteiger partial charge is 0.0244 e. The maximum Gasteiger partial charge on any atom is 0.0244 e. The van der Waals surface area contributed by atoms with Crippen LogP contribution in [0.5, 0.6) is 0 Å². The molecular weight excluding hydrogens is 244 g/mol. The van der Waals surface area contributed by atoms with Crippen molar-refractivity contribution < 1.29 is 0 Å². The Hall–Kier alpha value is -0.0800. The van der Waals surface area contributed by atoms with Gasteiger partial charge in [0.15, 0.2) is 0 Å². The normalized spacial score (nSPS) is 27.0. The van der Waals surface area contributed by atoms with E-state index in [1.165, 1.54) is 32.2 Å². The molecule has 1 fully saturated rings. The van der Waals surface area contributed by atoms with Gasteiger partial charge >= 0.3 is 0 Å². The van der Waals surface area contributed by atoms with Gasteiger partial charge in [-0.25, -0.2) is 0 Å². The van der Waals surface area contributed by atoms with E-state index in [9.17, 15) is 0 Å². The lowest BCUT2D eigenvalue weighted by Gasteiger charge is -2.47. The number of nitrogens with one attached hydrogen (secondary N) is 1. The van der Waals surface area contributed by atoms with Crippen LogP contribution < -0.4 is 5.32 Å². The van der Waals surface area contributed by atoms with Crippen molar-refractivity contribution in [2.45, 2.75) is 92.3 Å². The molecule has 0 aromatic rings. The Bertz CT molecular complexity index is 267. The van der Waals surface area contributed by atoms with Gasteiger partial charge in [0.1, 0.15) is 0 Å². The number of hydrogen-bond acceptors (Lipinski definition) is 2. The van der Waals surface area contributed by atoms with Crippen molar-refractivity contribution in [3.63, 3.8) is 0 Å². The van der Waals surface area contributed by atoms with Crippen LogP contribution in [0, 0.1) is 11.3 Å². The maximum absolute atomic E-state index is 3.78. The van der Waals surface area contributed by atoms with Gasteiger partial charge in [-0.2, -0.15) is 0 Å². The van der Waals surface area contributed by atoms with Crippen molar-refractivity contribution in [2.75, 3.05) is 13.1 Å². The molecule has 1 heterocycles. The molecular formula is C18H38N2. The predicted molar refractivity (Wildman–Crippen MR) is 90.2 cm³/mol. The monoisotopic (exact) mass is 282 g/mol. The topological polar surface area (TPSA) is 15.3 Å². The molecule has 0 aliphatic carbocycles. The van der Waals surface area contributed by atoms with E-state index in [-0.39, 0.29) is 0 Å². The molecule has 0 aromatic heterocycles. The summed E-state index contributed by atoms with van der Waals surface area (Å²) in [4.78, 5) is 2.78. The molecule has 1 aliphatic heterocycles. The molecule has 1 N–H and O–H groups in total. The van der Waals surface area contributed by atoms with Crippen LogP contribution in [0.4, 0.5) is 0 Å². The van der Waals surface area contributed by atoms with Crippen LogP contribution in [0.3, 0.4) is 0 Å². The standard InChI is InChI=1S/C18H38N2/c1-8-16-12-19-17(18(5,6)7)13-20(16)15(4)11-9-10-14(2)3/h14-17,19H,8-13H2,1-7H3. The third-order valence-electron chi connectivity index (χ3n) is 4.95. The quantitative estimate of drug-likeness (QED) is 0.781. The van der Waals surface area contributed by atoms with Gasteiger partial charge in [0.05, 0.1) is 0 Å². The van der Waals surface area contributed by atoms with E-state index in [1.54, 1.807) is 0 Å². The van der Waals surface area contributed by atoms with Gasteiger partial charge in [-0.05, 0) is 31.1 Å². The third kappa shape index (κ3) is 5.37. The summed E-state index contributed by atoms with van der Waals surface area (Å²) in [5.41, 5.74) is 0.356. The minimum atomic E-state index is 0.356. The van der Waals surface area contributed by atoms with Crippen LogP contribution in [0.2, 0.25) is 0 Å². The first kappa shape index (κ1) is 18.0. The van der Waals surface area contributed by atoms with Crippen LogP contribution in [0.25, 0.3) is 0 Å². The van der Waals surface area contributed by atoms with Crippen molar-refractivity contribution >= 4 is 0 Å². The Balaban J connectivity index is 2.57. The zero-order valence-corrected chi connectivity index (χ0v) is 15.0. The van der Waals surface area contributed by atoms with E-state index in [0.29, 0.717) is 11.5 Å². The van der Waals surface area contributed by atoms with Gasteiger partial charge in [0.2, 0.25) is 0 Å². The zero-order chi connectivity index (χ0) is 15.3. The summed E-state index contributed by atoms with van der Waals surface area (Å²) in [6.45, 7) is 18.9. The van der Waals surface area contributed by atoms with Crippen LogP contribution in [-0.4, -0.2) is 36.1 Å². The van der Waals surface area contributed by atoms with Gasteiger partial charge in [-0.15, -0.1) is 0 Å². The summed E-state index contributed by atoms with van der Waals surface area (Å²) in [5, 5.41) is 3.78. The highest BCUT2D eigenvalue weighted by Crippen LogP contribution is 2.26. The van der Waals surface area contributed by atoms with Gasteiger partial charge < -0.3 is 5.32 Å². The van der Waals surface area contributed by atoms with Gasteiger partial charge in [0, 0.05) is 31.2 Å². The molecule has 0 bridgehead atoms. The fraction of sp³-hybridized carbons (Fsp3) is 1.00. The third-order valence-corrected chi connectivity index (χ3v) is 4.95.